The van der Waals surface area contributed by atoms with Crippen LogP contribution in [0.5, 0.6) is 11.5 Å². The van der Waals surface area contributed by atoms with Gasteiger partial charge >= 0.3 is 5.97 Å². The Morgan fingerprint density at radius 1 is 1.29 bits per heavy atom. The number of carboxylic acid groups (broad SMARTS) is 1. The highest BCUT2D eigenvalue weighted by Crippen LogP contribution is 2.30. The third-order valence-corrected chi connectivity index (χ3v) is 2.32. The number of carbonyl (C=O) groups is 1. The number of aliphatic carboxylic acids is 1. The molecule has 0 amide bonds. The number of methoxy groups -OCH3 is 1. The zero-order valence-electron chi connectivity index (χ0n) is 10.0. The Balaban J connectivity index is 2.96. The molecule has 0 saturated carbocycles. The summed E-state index contributed by atoms with van der Waals surface area (Å²) in [4.78, 5) is 10.7. The van der Waals surface area contributed by atoms with Crippen LogP contribution in [0.25, 0.3) is 0 Å². The molecule has 2 atom stereocenters. The van der Waals surface area contributed by atoms with Crippen molar-refractivity contribution in [3.05, 3.63) is 23.8 Å². The van der Waals surface area contributed by atoms with Crippen LogP contribution in [0.2, 0.25) is 0 Å². The van der Waals surface area contributed by atoms with Gasteiger partial charge < -0.3 is 19.7 Å². The fourth-order valence-corrected chi connectivity index (χ4v) is 1.28. The fourth-order valence-electron chi connectivity index (χ4n) is 1.28. The first-order valence-corrected chi connectivity index (χ1v) is 5.21. The average molecular weight is 240 g/mol. The summed E-state index contributed by atoms with van der Waals surface area (Å²) in [5, 5.41) is 18.2. The quantitative estimate of drug-likeness (QED) is 0.817. The van der Waals surface area contributed by atoms with Gasteiger partial charge in [0.15, 0.2) is 17.6 Å². The second kappa shape index (κ2) is 5.54. The zero-order chi connectivity index (χ0) is 13.0. The van der Waals surface area contributed by atoms with Gasteiger partial charge in [0.25, 0.3) is 0 Å². The molecule has 94 valence electrons. The summed E-state index contributed by atoms with van der Waals surface area (Å²) in [7, 11) is 1.46. The van der Waals surface area contributed by atoms with Crippen molar-refractivity contribution in [3.8, 4) is 11.5 Å². The third kappa shape index (κ3) is 3.35. The number of hydrogen-bond donors (Lipinski definition) is 2. The van der Waals surface area contributed by atoms with E-state index in [0.29, 0.717) is 17.1 Å². The van der Waals surface area contributed by atoms with Crippen molar-refractivity contribution in [1.82, 2.24) is 0 Å². The molecule has 1 rings (SSSR count). The van der Waals surface area contributed by atoms with Crippen molar-refractivity contribution in [2.24, 2.45) is 0 Å². The van der Waals surface area contributed by atoms with Crippen molar-refractivity contribution in [3.63, 3.8) is 0 Å². The molecule has 0 aromatic heterocycles. The van der Waals surface area contributed by atoms with E-state index in [1.54, 1.807) is 25.1 Å². The SMILES string of the molecule is COc1cc([C@@H](C)O)ccc1OC(C)C(=O)O. The Hall–Kier alpha value is -1.75. The molecule has 0 aliphatic carbocycles. The highest BCUT2D eigenvalue weighted by atomic mass is 16.5. The van der Waals surface area contributed by atoms with E-state index in [2.05, 4.69) is 0 Å². The maximum atomic E-state index is 10.7. The third-order valence-electron chi connectivity index (χ3n) is 2.32. The lowest BCUT2D eigenvalue weighted by molar-refractivity contribution is -0.144. The van der Waals surface area contributed by atoms with Crippen LogP contribution in [0, 0.1) is 0 Å². The molecule has 1 aromatic rings. The number of ether oxygens (including phenoxy) is 2. The minimum Gasteiger partial charge on any atom is -0.493 e. The molecule has 0 aliphatic heterocycles. The molecule has 0 bridgehead atoms. The van der Waals surface area contributed by atoms with Crippen LogP contribution < -0.4 is 9.47 Å². The van der Waals surface area contributed by atoms with E-state index in [1.807, 2.05) is 0 Å². The first-order valence-electron chi connectivity index (χ1n) is 5.21. The van der Waals surface area contributed by atoms with Crippen LogP contribution in [0.15, 0.2) is 18.2 Å². The molecule has 0 radical (unpaired) electrons. The average Bonchev–Trinajstić information content (AvgIpc) is 2.28. The van der Waals surface area contributed by atoms with E-state index in [4.69, 9.17) is 14.6 Å². The topological polar surface area (TPSA) is 76.0 Å². The van der Waals surface area contributed by atoms with Crippen LogP contribution in [0.1, 0.15) is 25.5 Å². The second-order valence-electron chi connectivity index (χ2n) is 3.68. The molecular weight excluding hydrogens is 224 g/mol. The summed E-state index contributed by atoms with van der Waals surface area (Å²) in [6.45, 7) is 3.07. The van der Waals surface area contributed by atoms with E-state index < -0.39 is 18.2 Å². The van der Waals surface area contributed by atoms with Crippen LogP contribution >= 0.6 is 0 Å². The van der Waals surface area contributed by atoms with Gasteiger partial charge in [0.05, 0.1) is 13.2 Å². The molecule has 5 nitrogen and oxygen atoms in total. The molecule has 1 unspecified atom stereocenters. The summed E-state index contributed by atoms with van der Waals surface area (Å²) in [5.41, 5.74) is 0.678. The van der Waals surface area contributed by atoms with Gasteiger partial charge in [-0.1, -0.05) is 6.07 Å². The molecule has 2 N–H and O–H groups in total. The van der Waals surface area contributed by atoms with Gasteiger partial charge in [-0.25, -0.2) is 4.79 Å². The summed E-state index contributed by atoms with van der Waals surface area (Å²) < 4.78 is 10.3. The normalized spacial score (nSPS) is 13.9. The van der Waals surface area contributed by atoms with Crippen molar-refractivity contribution in [1.29, 1.82) is 0 Å². The molecule has 17 heavy (non-hydrogen) atoms. The Kier molecular flexibility index (Phi) is 4.34. The molecule has 5 heteroatoms. The van der Waals surface area contributed by atoms with Gasteiger partial charge in [-0.15, -0.1) is 0 Å². The van der Waals surface area contributed by atoms with E-state index in [0.717, 1.165) is 0 Å². The van der Waals surface area contributed by atoms with Crippen LogP contribution in [0.4, 0.5) is 0 Å². The van der Waals surface area contributed by atoms with E-state index in [1.165, 1.54) is 14.0 Å². The highest BCUT2D eigenvalue weighted by molar-refractivity contribution is 5.72. The fraction of sp³-hybridized carbons (Fsp3) is 0.417. The lowest BCUT2D eigenvalue weighted by Gasteiger charge is -2.15. The first-order chi connectivity index (χ1) is 7.95. The molecule has 0 heterocycles. The van der Waals surface area contributed by atoms with Crippen LogP contribution in [-0.4, -0.2) is 29.4 Å². The van der Waals surface area contributed by atoms with Crippen molar-refractivity contribution >= 4 is 5.97 Å². The number of aliphatic hydroxyl groups excluding tert-OH is 1. The number of rotatable bonds is 5. The number of benzene rings is 1. The maximum Gasteiger partial charge on any atom is 0.344 e. The monoisotopic (exact) mass is 240 g/mol. The summed E-state index contributed by atoms with van der Waals surface area (Å²) >= 11 is 0. The van der Waals surface area contributed by atoms with E-state index >= 15 is 0 Å². The molecular formula is C12H16O5. The standard InChI is InChI=1S/C12H16O5/c1-7(13)9-4-5-10(11(6-9)16-3)17-8(2)12(14)15/h4-8,13H,1-3H3,(H,14,15)/t7-,8?/m1/s1. The van der Waals surface area contributed by atoms with Gasteiger partial charge in [0, 0.05) is 0 Å². The van der Waals surface area contributed by atoms with Gasteiger partial charge in [0.2, 0.25) is 0 Å². The Morgan fingerprint density at radius 2 is 1.94 bits per heavy atom. The van der Waals surface area contributed by atoms with E-state index in [-0.39, 0.29) is 0 Å². The van der Waals surface area contributed by atoms with Crippen molar-refractivity contribution in [2.75, 3.05) is 7.11 Å². The first kappa shape index (κ1) is 13.3. The largest absolute Gasteiger partial charge is 0.493 e. The molecule has 0 saturated heterocycles. The maximum absolute atomic E-state index is 10.7. The molecule has 0 aliphatic rings. The van der Waals surface area contributed by atoms with Crippen molar-refractivity contribution in [2.45, 2.75) is 26.1 Å². The number of aliphatic hydroxyl groups is 1. The van der Waals surface area contributed by atoms with Gasteiger partial charge in [-0.05, 0) is 31.5 Å². The predicted molar refractivity (Wildman–Crippen MR) is 61.4 cm³/mol. The summed E-state index contributed by atoms with van der Waals surface area (Å²) in [6, 6.07) is 4.87. The highest BCUT2D eigenvalue weighted by Gasteiger charge is 2.16. The minimum absolute atomic E-state index is 0.340. The lowest BCUT2D eigenvalue weighted by Crippen LogP contribution is -2.23. The second-order valence-corrected chi connectivity index (χ2v) is 3.68. The van der Waals surface area contributed by atoms with Crippen LogP contribution in [0.3, 0.4) is 0 Å². The Labute approximate surface area is 99.6 Å². The number of carboxylic acids is 1. The molecule has 0 fully saturated rings. The molecule has 1 aromatic carbocycles. The van der Waals surface area contributed by atoms with Gasteiger partial charge in [-0.2, -0.15) is 0 Å². The molecule has 0 spiro atoms. The van der Waals surface area contributed by atoms with E-state index in [9.17, 15) is 9.90 Å². The lowest BCUT2D eigenvalue weighted by atomic mass is 10.1. The number of hydrogen-bond acceptors (Lipinski definition) is 4. The summed E-state index contributed by atoms with van der Waals surface area (Å²) in [5.74, 6) is -0.310. The van der Waals surface area contributed by atoms with Gasteiger partial charge in [-0.3, -0.25) is 0 Å². The summed E-state index contributed by atoms with van der Waals surface area (Å²) in [6.07, 6.45) is -1.57. The van der Waals surface area contributed by atoms with Crippen LogP contribution in [-0.2, 0) is 4.79 Å². The zero-order valence-corrected chi connectivity index (χ0v) is 10.0. The Bertz CT molecular complexity index is 400. The van der Waals surface area contributed by atoms with Crippen molar-refractivity contribution < 1.29 is 24.5 Å². The van der Waals surface area contributed by atoms with Gasteiger partial charge in [0.1, 0.15) is 0 Å². The smallest absolute Gasteiger partial charge is 0.344 e. The minimum atomic E-state index is -1.05. The Morgan fingerprint density at radius 3 is 2.41 bits per heavy atom. The predicted octanol–water partition coefficient (Wildman–Crippen LogP) is 1.60.